The van der Waals surface area contributed by atoms with Gasteiger partial charge in [-0.25, -0.2) is 4.39 Å². The molecule has 2 rings (SSSR count). The molecule has 0 saturated heterocycles. The second kappa shape index (κ2) is 6.34. The fourth-order valence-electron chi connectivity index (χ4n) is 1.80. The van der Waals surface area contributed by atoms with Crippen LogP contribution in [0, 0.1) is 9.39 Å². The van der Waals surface area contributed by atoms with Crippen molar-refractivity contribution in [2.24, 2.45) is 5.73 Å². The highest BCUT2D eigenvalue weighted by molar-refractivity contribution is 14.1. The van der Waals surface area contributed by atoms with Crippen LogP contribution >= 0.6 is 22.6 Å². The predicted molar refractivity (Wildman–Crippen MR) is 83.0 cm³/mol. The van der Waals surface area contributed by atoms with Crippen molar-refractivity contribution in [2.45, 2.75) is 19.4 Å². The van der Waals surface area contributed by atoms with Crippen molar-refractivity contribution in [3.63, 3.8) is 0 Å². The summed E-state index contributed by atoms with van der Waals surface area (Å²) in [7, 11) is 0. The summed E-state index contributed by atoms with van der Waals surface area (Å²) in [6, 6.07) is 12.4. The molecule has 2 aromatic carbocycles. The Balaban J connectivity index is 2.30. The molecule has 0 aliphatic rings. The highest BCUT2D eigenvalue weighted by atomic mass is 127. The molecular weight excluding hydrogens is 356 g/mol. The largest absolute Gasteiger partial charge is 0.454 e. The van der Waals surface area contributed by atoms with Gasteiger partial charge in [0, 0.05) is 9.61 Å². The molecule has 0 amide bonds. The minimum absolute atomic E-state index is 0.0409. The zero-order valence-electron chi connectivity index (χ0n) is 10.6. The molecule has 0 fully saturated rings. The first-order valence-electron chi connectivity index (χ1n) is 6.02. The Kier molecular flexibility index (Phi) is 4.76. The Morgan fingerprint density at radius 1 is 1.21 bits per heavy atom. The Bertz CT molecular complexity index is 555. The molecule has 4 heteroatoms. The van der Waals surface area contributed by atoms with Gasteiger partial charge in [-0.05, 0) is 71.8 Å². The maximum Gasteiger partial charge on any atom is 0.166 e. The Morgan fingerprint density at radius 2 is 1.89 bits per heavy atom. The van der Waals surface area contributed by atoms with Gasteiger partial charge in [-0.3, -0.25) is 0 Å². The molecule has 0 aromatic heterocycles. The minimum atomic E-state index is -0.364. The molecule has 0 bridgehead atoms. The van der Waals surface area contributed by atoms with Gasteiger partial charge in [-0.2, -0.15) is 0 Å². The second-order valence-corrected chi connectivity index (χ2v) is 5.71. The van der Waals surface area contributed by atoms with Crippen LogP contribution in [-0.2, 0) is 6.42 Å². The van der Waals surface area contributed by atoms with E-state index in [0.717, 1.165) is 9.13 Å². The van der Waals surface area contributed by atoms with Gasteiger partial charge in [0.1, 0.15) is 5.75 Å². The third kappa shape index (κ3) is 3.91. The van der Waals surface area contributed by atoms with Crippen LogP contribution in [-0.4, -0.2) is 6.04 Å². The van der Waals surface area contributed by atoms with E-state index in [1.807, 2.05) is 37.3 Å². The number of hydrogen-bond donors (Lipinski definition) is 1. The molecule has 0 spiro atoms. The highest BCUT2D eigenvalue weighted by Crippen LogP contribution is 2.29. The summed E-state index contributed by atoms with van der Waals surface area (Å²) in [6.07, 6.45) is 0.581. The summed E-state index contributed by atoms with van der Waals surface area (Å²) in [5.41, 5.74) is 6.56. The first kappa shape index (κ1) is 14.3. The van der Waals surface area contributed by atoms with Crippen LogP contribution in [0.4, 0.5) is 4.39 Å². The van der Waals surface area contributed by atoms with Crippen LogP contribution < -0.4 is 10.5 Å². The van der Waals surface area contributed by atoms with Gasteiger partial charge in [0.25, 0.3) is 0 Å². The van der Waals surface area contributed by atoms with E-state index in [-0.39, 0.29) is 17.6 Å². The number of nitrogens with two attached hydrogens (primary N) is 1. The standard InChI is InChI=1S/C15H15FINO/c1-10(18)9-11-3-2-4-14(16)15(11)19-13-7-5-12(17)6-8-13/h2-8,10H,9,18H2,1H3. The molecule has 2 aromatic rings. The summed E-state index contributed by atoms with van der Waals surface area (Å²) in [5, 5.41) is 0. The minimum Gasteiger partial charge on any atom is -0.454 e. The molecule has 100 valence electrons. The van der Waals surface area contributed by atoms with Gasteiger partial charge in [-0.15, -0.1) is 0 Å². The lowest BCUT2D eigenvalue weighted by Gasteiger charge is -2.13. The lowest BCUT2D eigenvalue weighted by atomic mass is 10.1. The van der Waals surface area contributed by atoms with E-state index in [1.165, 1.54) is 6.07 Å². The molecule has 1 atom stereocenters. The number of hydrogen-bond acceptors (Lipinski definition) is 2. The quantitative estimate of drug-likeness (QED) is 0.821. The summed E-state index contributed by atoms with van der Waals surface area (Å²) in [4.78, 5) is 0. The normalized spacial score (nSPS) is 12.2. The zero-order valence-corrected chi connectivity index (χ0v) is 12.7. The van der Waals surface area contributed by atoms with Gasteiger partial charge < -0.3 is 10.5 Å². The summed E-state index contributed by atoms with van der Waals surface area (Å²) in [5.74, 6) is 0.522. The molecule has 0 aliphatic heterocycles. The molecule has 0 radical (unpaired) electrons. The third-order valence-electron chi connectivity index (χ3n) is 2.62. The Hall–Kier alpha value is -1.14. The lowest BCUT2D eigenvalue weighted by Crippen LogP contribution is -2.18. The van der Waals surface area contributed by atoms with Crippen molar-refractivity contribution in [1.29, 1.82) is 0 Å². The van der Waals surface area contributed by atoms with E-state index < -0.39 is 0 Å². The maximum atomic E-state index is 13.9. The van der Waals surface area contributed by atoms with Crippen LogP contribution in [0.1, 0.15) is 12.5 Å². The van der Waals surface area contributed by atoms with E-state index in [2.05, 4.69) is 22.6 Å². The fraction of sp³-hybridized carbons (Fsp3) is 0.200. The SMILES string of the molecule is CC(N)Cc1cccc(F)c1Oc1ccc(I)cc1. The number of halogens is 2. The summed E-state index contributed by atoms with van der Waals surface area (Å²) >= 11 is 2.21. The molecule has 0 aliphatic carbocycles. The number of benzene rings is 2. The van der Waals surface area contributed by atoms with E-state index in [0.29, 0.717) is 12.2 Å². The van der Waals surface area contributed by atoms with Crippen molar-refractivity contribution < 1.29 is 9.13 Å². The molecule has 2 nitrogen and oxygen atoms in total. The average molecular weight is 371 g/mol. The summed E-state index contributed by atoms with van der Waals surface area (Å²) in [6.45, 7) is 1.89. The van der Waals surface area contributed by atoms with Crippen molar-refractivity contribution in [1.82, 2.24) is 0 Å². The summed E-state index contributed by atoms with van der Waals surface area (Å²) < 4.78 is 20.7. The fourth-order valence-corrected chi connectivity index (χ4v) is 2.16. The van der Waals surface area contributed by atoms with E-state index in [1.54, 1.807) is 6.07 Å². The Morgan fingerprint density at radius 3 is 2.53 bits per heavy atom. The van der Waals surface area contributed by atoms with Gasteiger partial charge in [0.05, 0.1) is 0 Å². The number of para-hydroxylation sites is 1. The van der Waals surface area contributed by atoms with E-state index >= 15 is 0 Å². The molecular formula is C15H15FINO. The van der Waals surface area contributed by atoms with Crippen molar-refractivity contribution in [2.75, 3.05) is 0 Å². The average Bonchev–Trinajstić information content (AvgIpc) is 2.35. The van der Waals surface area contributed by atoms with Crippen LogP contribution in [0.25, 0.3) is 0 Å². The highest BCUT2D eigenvalue weighted by Gasteiger charge is 2.12. The first-order valence-corrected chi connectivity index (χ1v) is 7.10. The molecule has 1 unspecified atom stereocenters. The zero-order chi connectivity index (χ0) is 13.8. The molecule has 19 heavy (non-hydrogen) atoms. The predicted octanol–water partition coefficient (Wildman–Crippen LogP) is 4.11. The van der Waals surface area contributed by atoms with Crippen molar-refractivity contribution >= 4 is 22.6 Å². The van der Waals surface area contributed by atoms with Gasteiger partial charge in [0.2, 0.25) is 0 Å². The second-order valence-electron chi connectivity index (χ2n) is 4.47. The van der Waals surface area contributed by atoms with Gasteiger partial charge >= 0.3 is 0 Å². The first-order chi connectivity index (χ1) is 9.06. The maximum absolute atomic E-state index is 13.9. The monoisotopic (exact) mass is 371 g/mol. The molecule has 0 heterocycles. The topological polar surface area (TPSA) is 35.2 Å². The number of rotatable bonds is 4. The van der Waals surface area contributed by atoms with Crippen molar-refractivity contribution in [3.8, 4) is 11.5 Å². The number of ether oxygens (including phenoxy) is 1. The lowest BCUT2D eigenvalue weighted by molar-refractivity contribution is 0.434. The van der Waals surface area contributed by atoms with E-state index in [9.17, 15) is 4.39 Å². The van der Waals surface area contributed by atoms with Crippen LogP contribution in [0.5, 0.6) is 11.5 Å². The van der Waals surface area contributed by atoms with Crippen LogP contribution in [0.2, 0.25) is 0 Å². The Labute approximate surface area is 125 Å². The molecule has 0 saturated carbocycles. The third-order valence-corrected chi connectivity index (χ3v) is 3.34. The molecule has 2 N–H and O–H groups in total. The van der Waals surface area contributed by atoms with Crippen LogP contribution in [0.3, 0.4) is 0 Å². The smallest absolute Gasteiger partial charge is 0.166 e. The van der Waals surface area contributed by atoms with E-state index in [4.69, 9.17) is 10.5 Å². The van der Waals surface area contributed by atoms with Gasteiger partial charge in [-0.1, -0.05) is 12.1 Å². The van der Waals surface area contributed by atoms with Crippen molar-refractivity contribution in [3.05, 3.63) is 57.4 Å². The van der Waals surface area contributed by atoms with Crippen LogP contribution in [0.15, 0.2) is 42.5 Å². The van der Waals surface area contributed by atoms with Gasteiger partial charge in [0.15, 0.2) is 11.6 Å².